The molecule has 2 saturated carbocycles. The van der Waals surface area contributed by atoms with Crippen molar-refractivity contribution < 1.29 is 4.79 Å². The minimum absolute atomic E-state index is 0.00553. The number of amides is 1. The van der Waals surface area contributed by atoms with E-state index in [-0.39, 0.29) is 23.6 Å². The molecule has 0 aliphatic heterocycles. The van der Waals surface area contributed by atoms with Gasteiger partial charge in [0.05, 0.1) is 6.04 Å². The largest absolute Gasteiger partial charge is 0.348 e. The van der Waals surface area contributed by atoms with Gasteiger partial charge in [-0.3, -0.25) is 14.7 Å². The Bertz CT molecular complexity index is 1060. The molecule has 5 rings (SSSR count). The number of carbonyl (C=O) groups is 1. The normalized spacial score (nSPS) is 21.8. The fraction of sp³-hybridized carbons (Fsp3) is 0.474. The molecule has 0 bridgehead atoms. The number of aromatic nitrogens is 7. The van der Waals surface area contributed by atoms with Crippen LogP contribution in [0.25, 0.3) is 5.82 Å². The average Bonchev–Trinajstić information content (AvgIpc) is 3.23. The van der Waals surface area contributed by atoms with E-state index in [1.165, 1.54) is 34.6 Å². The average molecular weight is 394 g/mol. The number of hydrogen-bond acceptors (Lipinski definition) is 6. The topological polar surface area (TPSA) is 123 Å². The zero-order valence-corrected chi connectivity index (χ0v) is 15.9. The highest BCUT2D eigenvalue weighted by atomic mass is 16.2. The third kappa shape index (κ3) is 3.69. The van der Waals surface area contributed by atoms with Crippen LogP contribution in [0, 0.1) is 0 Å². The van der Waals surface area contributed by atoms with Crippen LogP contribution in [-0.4, -0.2) is 46.7 Å². The lowest BCUT2D eigenvalue weighted by molar-refractivity contribution is 0.0916. The minimum atomic E-state index is -0.139. The maximum absolute atomic E-state index is 12.5. The molecule has 0 atom stereocenters. The number of H-pyrrole nitrogens is 1. The van der Waals surface area contributed by atoms with Crippen LogP contribution in [0.5, 0.6) is 0 Å². The van der Waals surface area contributed by atoms with Gasteiger partial charge in [-0.05, 0) is 50.7 Å². The van der Waals surface area contributed by atoms with Crippen LogP contribution in [0.4, 0.5) is 0 Å². The highest BCUT2D eigenvalue weighted by Gasteiger charge is 2.28. The molecule has 3 heterocycles. The van der Waals surface area contributed by atoms with E-state index in [4.69, 9.17) is 0 Å². The summed E-state index contributed by atoms with van der Waals surface area (Å²) in [5.41, 5.74) is 1.37. The van der Waals surface area contributed by atoms with Crippen LogP contribution in [0.1, 0.15) is 66.7 Å². The SMILES string of the molecule is O=C(NC1CCC(n2nc(-n3cncn3)ccc2=O)CC1)c1cc(C2CC2)[nH]n1. The van der Waals surface area contributed by atoms with Crippen LogP contribution in [-0.2, 0) is 0 Å². The van der Waals surface area contributed by atoms with Gasteiger partial charge in [0.2, 0.25) is 0 Å². The van der Waals surface area contributed by atoms with E-state index in [9.17, 15) is 9.59 Å². The monoisotopic (exact) mass is 394 g/mol. The lowest BCUT2D eigenvalue weighted by Crippen LogP contribution is -2.39. The third-order valence-corrected chi connectivity index (χ3v) is 5.69. The van der Waals surface area contributed by atoms with Crippen molar-refractivity contribution in [2.75, 3.05) is 0 Å². The Morgan fingerprint density at radius 1 is 1.14 bits per heavy atom. The van der Waals surface area contributed by atoms with Crippen molar-refractivity contribution in [3.8, 4) is 5.82 Å². The quantitative estimate of drug-likeness (QED) is 0.673. The van der Waals surface area contributed by atoms with Gasteiger partial charge in [0.1, 0.15) is 18.3 Å². The van der Waals surface area contributed by atoms with Gasteiger partial charge in [0.25, 0.3) is 11.5 Å². The van der Waals surface area contributed by atoms with Gasteiger partial charge in [-0.15, -0.1) is 5.10 Å². The second kappa shape index (κ2) is 7.26. The van der Waals surface area contributed by atoms with E-state index in [1.54, 1.807) is 12.4 Å². The Morgan fingerprint density at radius 3 is 2.69 bits per heavy atom. The second-order valence-electron chi connectivity index (χ2n) is 7.78. The van der Waals surface area contributed by atoms with Gasteiger partial charge in [-0.2, -0.15) is 10.2 Å². The van der Waals surface area contributed by atoms with E-state index in [0.717, 1.165) is 31.4 Å². The lowest BCUT2D eigenvalue weighted by Gasteiger charge is -2.29. The van der Waals surface area contributed by atoms with Crippen molar-refractivity contribution >= 4 is 5.91 Å². The molecule has 10 nitrogen and oxygen atoms in total. The number of hydrogen-bond donors (Lipinski definition) is 2. The first kappa shape index (κ1) is 17.8. The van der Waals surface area contributed by atoms with Crippen LogP contribution >= 0.6 is 0 Å². The van der Waals surface area contributed by atoms with Crippen molar-refractivity contribution in [2.24, 2.45) is 0 Å². The van der Waals surface area contributed by atoms with Crippen molar-refractivity contribution in [1.29, 1.82) is 0 Å². The summed E-state index contributed by atoms with van der Waals surface area (Å²) in [6.07, 6.45) is 8.43. The first-order chi connectivity index (χ1) is 14.2. The first-order valence-corrected chi connectivity index (χ1v) is 9.98. The van der Waals surface area contributed by atoms with E-state index in [2.05, 4.69) is 30.7 Å². The fourth-order valence-corrected chi connectivity index (χ4v) is 3.91. The van der Waals surface area contributed by atoms with Crippen molar-refractivity contribution in [3.63, 3.8) is 0 Å². The van der Waals surface area contributed by atoms with Gasteiger partial charge >= 0.3 is 0 Å². The lowest BCUT2D eigenvalue weighted by atomic mass is 9.91. The van der Waals surface area contributed by atoms with E-state index in [0.29, 0.717) is 17.4 Å². The smallest absolute Gasteiger partial charge is 0.271 e. The molecular formula is C19H22N8O2. The molecular weight excluding hydrogens is 372 g/mol. The number of nitrogens with zero attached hydrogens (tertiary/aromatic N) is 6. The van der Waals surface area contributed by atoms with Gasteiger partial charge in [-0.1, -0.05) is 0 Å². The van der Waals surface area contributed by atoms with Crippen molar-refractivity contribution in [3.05, 3.63) is 52.6 Å². The maximum Gasteiger partial charge on any atom is 0.271 e. The zero-order chi connectivity index (χ0) is 19.8. The molecule has 3 aromatic rings. The summed E-state index contributed by atoms with van der Waals surface area (Å²) in [7, 11) is 0. The fourth-order valence-electron chi connectivity index (χ4n) is 3.91. The number of nitrogens with one attached hydrogen (secondary N) is 2. The highest BCUT2D eigenvalue weighted by molar-refractivity contribution is 5.92. The van der Waals surface area contributed by atoms with E-state index in [1.807, 2.05) is 6.07 Å². The van der Waals surface area contributed by atoms with Gasteiger partial charge < -0.3 is 5.32 Å². The Labute approximate surface area is 166 Å². The summed E-state index contributed by atoms with van der Waals surface area (Å²) in [4.78, 5) is 28.7. The molecule has 0 radical (unpaired) electrons. The second-order valence-corrected chi connectivity index (χ2v) is 7.78. The molecule has 2 N–H and O–H groups in total. The third-order valence-electron chi connectivity index (χ3n) is 5.69. The van der Waals surface area contributed by atoms with E-state index >= 15 is 0 Å². The number of carbonyl (C=O) groups excluding carboxylic acids is 1. The summed E-state index contributed by atoms with van der Waals surface area (Å²) in [6.45, 7) is 0. The molecule has 0 aromatic carbocycles. The molecule has 3 aromatic heterocycles. The maximum atomic E-state index is 12.5. The Balaban J connectivity index is 1.22. The highest BCUT2D eigenvalue weighted by Crippen LogP contribution is 2.39. The molecule has 150 valence electrons. The minimum Gasteiger partial charge on any atom is -0.348 e. The molecule has 10 heteroatoms. The van der Waals surface area contributed by atoms with Crippen molar-refractivity contribution in [1.82, 2.24) is 40.1 Å². The zero-order valence-electron chi connectivity index (χ0n) is 15.9. The standard InChI is InChI=1S/C19H22N8O2/c28-18-8-7-17(26-11-20-10-21-26)25-27(18)14-5-3-13(4-6-14)22-19(29)16-9-15(23-24-16)12-1-2-12/h7-14H,1-6H2,(H,22,29)(H,23,24). The predicted octanol–water partition coefficient (Wildman–Crippen LogP) is 1.34. The van der Waals surface area contributed by atoms with Crippen LogP contribution < -0.4 is 10.9 Å². The Kier molecular flexibility index (Phi) is 4.45. The predicted molar refractivity (Wildman–Crippen MR) is 103 cm³/mol. The summed E-state index contributed by atoms with van der Waals surface area (Å²) >= 11 is 0. The van der Waals surface area contributed by atoms with Crippen LogP contribution in [0.15, 0.2) is 35.6 Å². The summed E-state index contributed by atoms with van der Waals surface area (Å²) in [5.74, 6) is 0.959. The summed E-state index contributed by atoms with van der Waals surface area (Å²) in [5, 5.41) is 18.7. The van der Waals surface area contributed by atoms with Gasteiger partial charge in [-0.25, -0.2) is 14.3 Å². The molecule has 2 fully saturated rings. The Hall–Kier alpha value is -3.30. The first-order valence-electron chi connectivity index (χ1n) is 9.98. The van der Waals surface area contributed by atoms with Crippen LogP contribution in [0.3, 0.4) is 0 Å². The molecule has 2 aliphatic carbocycles. The summed E-state index contributed by atoms with van der Waals surface area (Å²) < 4.78 is 3.06. The van der Waals surface area contributed by atoms with Gasteiger partial charge in [0, 0.05) is 23.7 Å². The number of aromatic amines is 1. The number of rotatable bonds is 5. The molecule has 0 saturated heterocycles. The van der Waals surface area contributed by atoms with Crippen LogP contribution in [0.2, 0.25) is 0 Å². The molecule has 2 aliphatic rings. The molecule has 0 spiro atoms. The molecule has 0 unspecified atom stereocenters. The summed E-state index contributed by atoms with van der Waals surface area (Å²) in [6, 6.07) is 5.09. The van der Waals surface area contributed by atoms with Crippen molar-refractivity contribution in [2.45, 2.75) is 56.5 Å². The van der Waals surface area contributed by atoms with E-state index < -0.39 is 0 Å². The van der Waals surface area contributed by atoms with Gasteiger partial charge in [0.15, 0.2) is 5.82 Å². The molecule has 29 heavy (non-hydrogen) atoms. The Morgan fingerprint density at radius 2 is 1.97 bits per heavy atom. The molecule has 1 amide bonds.